The molecule has 1 heterocycles. The van der Waals surface area contributed by atoms with Gasteiger partial charge in [-0.25, -0.2) is 23.1 Å². The summed E-state index contributed by atoms with van der Waals surface area (Å²) in [4.78, 5) is 34.8. The van der Waals surface area contributed by atoms with Crippen LogP contribution in [0.2, 0.25) is 0 Å². The number of nitrogens with zero attached hydrogens (tertiary/aromatic N) is 1. The number of primary sulfonamides is 1. The molecule has 114 valence electrons. The minimum Gasteiger partial charge on any atom is -0.480 e. The van der Waals surface area contributed by atoms with Crippen molar-refractivity contribution in [2.45, 2.75) is 12.5 Å². The number of carboxylic acids is 1. The van der Waals surface area contributed by atoms with Crippen molar-refractivity contribution < 1.29 is 27.9 Å². The zero-order valence-electron chi connectivity index (χ0n) is 10.5. The van der Waals surface area contributed by atoms with Crippen molar-refractivity contribution in [2.24, 2.45) is 5.14 Å². The molecule has 0 spiro atoms. The Morgan fingerprint density at radius 3 is 2.70 bits per heavy atom. The van der Waals surface area contributed by atoms with E-state index >= 15 is 0 Å². The standard InChI is InChI=1S/C9H16N4O6S/c10-20(18,19)3-1-2-11-9(17)13-5-7(14)12-4-6(13)8(15)16/h6H,1-5H2,(H,11,17)(H,12,14)(H,15,16)(H2,10,18,19). The SMILES string of the molecule is NS(=O)(=O)CCCNC(=O)N1CC(=O)NCC1C(=O)O. The Balaban J connectivity index is 2.51. The zero-order valence-corrected chi connectivity index (χ0v) is 11.4. The Labute approximate surface area is 115 Å². The maximum Gasteiger partial charge on any atom is 0.328 e. The number of amides is 3. The van der Waals surface area contributed by atoms with E-state index in [-0.39, 0.29) is 31.8 Å². The summed E-state index contributed by atoms with van der Waals surface area (Å²) < 4.78 is 21.4. The fourth-order valence-electron chi connectivity index (χ4n) is 1.65. The van der Waals surface area contributed by atoms with Crippen LogP contribution in [-0.2, 0) is 19.6 Å². The molecule has 0 aromatic heterocycles. The van der Waals surface area contributed by atoms with Crippen molar-refractivity contribution in [3.63, 3.8) is 0 Å². The van der Waals surface area contributed by atoms with Crippen LogP contribution in [0.1, 0.15) is 6.42 Å². The highest BCUT2D eigenvalue weighted by atomic mass is 32.2. The second-order valence-electron chi connectivity index (χ2n) is 4.24. The summed E-state index contributed by atoms with van der Waals surface area (Å²) in [6.45, 7) is -0.517. The second kappa shape index (κ2) is 6.52. The molecule has 1 saturated heterocycles. The van der Waals surface area contributed by atoms with E-state index in [4.69, 9.17) is 10.2 Å². The van der Waals surface area contributed by atoms with Gasteiger partial charge in [-0.2, -0.15) is 0 Å². The number of carbonyl (C=O) groups excluding carboxylic acids is 2. The van der Waals surface area contributed by atoms with E-state index in [1.165, 1.54) is 0 Å². The first-order valence-corrected chi connectivity index (χ1v) is 7.46. The monoisotopic (exact) mass is 308 g/mol. The molecule has 1 aliphatic heterocycles. The highest BCUT2D eigenvalue weighted by Crippen LogP contribution is 2.04. The number of hydrogen-bond donors (Lipinski definition) is 4. The molecule has 10 nitrogen and oxygen atoms in total. The quantitative estimate of drug-likeness (QED) is 0.403. The topological polar surface area (TPSA) is 159 Å². The van der Waals surface area contributed by atoms with Gasteiger partial charge in [-0.15, -0.1) is 0 Å². The molecule has 0 radical (unpaired) electrons. The highest BCUT2D eigenvalue weighted by Gasteiger charge is 2.34. The Morgan fingerprint density at radius 1 is 1.50 bits per heavy atom. The average Bonchev–Trinajstić information content (AvgIpc) is 2.32. The lowest BCUT2D eigenvalue weighted by Gasteiger charge is -2.32. The lowest BCUT2D eigenvalue weighted by molar-refractivity contribution is -0.144. The number of aliphatic carboxylic acids is 1. The molecule has 11 heteroatoms. The predicted octanol–water partition coefficient (Wildman–Crippen LogP) is -2.74. The summed E-state index contributed by atoms with van der Waals surface area (Å²) in [5, 5.41) is 18.4. The first-order valence-electron chi connectivity index (χ1n) is 5.75. The number of rotatable bonds is 5. The molecular weight excluding hydrogens is 292 g/mol. The van der Waals surface area contributed by atoms with Gasteiger partial charge in [0.1, 0.15) is 12.6 Å². The lowest BCUT2D eigenvalue weighted by Crippen LogP contribution is -2.61. The molecular formula is C9H16N4O6S. The number of carboxylic acid groups (broad SMARTS) is 1. The largest absolute Gasteiger partial charge is 0.480 e. The number of urea groups is 1. The number of nitrogens with one attached hydrogen (secondary N) is 2. The third-order valence-corrected chi connectivity index (χ3v) is 3.47. The summed E-state index contributed by atoms with van der Waals surface area (Å²) in [6, 6.07) is -1.88. The van der Waals surface area contributed by atoms with E-state index in [1.54, 1.807) is 0 Å². The summed E-state index contributed by atoms with van der Waals surface area (Å²) in [7, 11) is -3.60. The van der Waals surface area contributed by atoms with Crippen LogP contribution < -0.4 is 15.8 Å². The summed E-state index contributed by atoms with van der Waals surface area (Å²) in [5.41, 5.74) is 0. The molecule has 5 N–H and O–H groups in total. The predicted molar refractivity (Wildman–Crippen MR) is 67.1 cm³/mol. The van der Waals surface area contributed by atoms with E-state index < -0.39 is 34.0 Å². The van der Waals surface area contributed by atoms with Gasteiger partial charge in [0.2, 0.25) is 15.9 Å². The minimum absolute atomic E-state index is 0.0136. The summed E-state index contributed by atoms with van der Waals surface area (Å²) in [5.74, 6) is -1.98. The Kier molecular flexibility index (Phi) is 5.27. The normalized spacial score (nSPS) is 19.4. The second-order valence-corrected chi connectivity index (χ2v) is 5.97. The Hall–Kier alpha value is -1.88. The Bertz CT molecular complexity index is 505. The molecule has 3 amide bonds. The van der Waals surface area contributed by atoms with Gasteiger partial charge in [-0.05, 0) is 6.42 Å². The van der Waals surface area contributed by atoms with Crippen molar-refractivity contribution in [2.75, 3.05) is 25.4 Å². The molecule has 0 aromatic rings. The molecule has 0 aliphatic carbocycles. The number of carbonyl (C=O) groups is 3. The number of sulfonamides is 1. The Morgan fingerprint density at radius 2 is 2.15 bits per heavy atom. The van der Waals surface area contributed by atoms with Crippen LogP contribution in [0.3, 0.4) is 0 Å². The molecule has 1 rings (SSSR count). The van der Waals surface area contributed by atoms with E-state index in [2.05, 4.69) is 10.6 Å². The number of piperazine rings is 1. The molecule has 0 aromatic carbocycles. The van der Waals surface area contributed by atoms with Gasteiger partial charge in [0.05, 0.1) is 5.75 Å². The van der Waals surface area contributed by atoms with Crippen LogP contribution in [0.4, 0.5) is 4.79 Å². The maximum absolute atomic E-state index is 11.8. The van der Waals surface area contributed by atoms with Crippen LogP contribution in [0.5, 0.6) is 0 Å². The first kappa shape index (κ1) is 16.2. The van der Waals surface area contributed by atoms with Gasteiger partial charge in [-0.3, -0.25) is 9.69 Å². The fraction of sp³-hybridized carbons (Fsp3) is 0.667. The van der Waals surface area contributed by atoms with E-state index in [0.717, 1.165) is 4.90 Å². The zero-order chi connectivity index (χ0) is 15.3. The van der Waals surface area contributed by atoms with E-state index in [0.29, 0.717) is 0 Å². The highest BCUT2D eigenvalue weighted by molar-refractivity contribution is 7.89. The van der Waals surface area contributed by atoms with Gasteiger partial charge in [0, 0.05) is 13.1 Å². The molecule has 0 bridgehead atoms. The number of nitrogens with two attached hydrogens (primary N) is 1. The van der Waals surface area contributed by atoms with Crippen molar-refractivity contribution in [1.82, 2.24) is 15.5 Å². The van der Waals surface area contributed by atoms with Crippen molar-refractivity contribution in [3.05, 3.63) is 0 Å². The minimum atomic E-state index is -3.60. The van der Waals surface area contributed by atoms with Crippen LogP contribution in [0.15, 0.2) is 0 Å². The third kappa shape index (κ3) is 5.01. The molecule has 20 heavy (non-hydrogen) atoms. The molecule has 1 aliphatic rings. The van der Waals surface area contributed by atoms with Crippen molar-refractivity contribution in [1.29, 1.82) is 0 Å². The van der Waals surface area contributed by atoms with Crippen LogP contribution in [0.25, 0.3) is 0 Å². The maximum atomic E-state index is 11.8. The molecule has 1 unspecified atom stereocenters. The van der Waals surface area contributed by atoms with Gasteiger partial charge < -0.3 is 15.7 Å². The summed E-state index contributed by atoms with van der Waals surface area (Å²) >= 11 is 0. The van der Waals surface area contributed by atoms with Gasteiger partial charge in [0.25, 0.3) is 0 Å². The van der Waals surface area contributed by atoms with Gasteiger partial charge in [0.15, 0.2) is 0 Å². The van der Waals surface area contributed by atoms with Crippen LogP contribution in [0, 0.1) is 0 Å². The van der Waals surface area contributed by atoms with Crippen LogP contribution in [-0.4, -0.2) is 67.8 Å². The molecule has 1 fully saturated rings. The van der Waals surface area contributed by atoms with Gasteiger partial charge >= 0.3 is 12.0 Å². The third-order valence-electron chi connectivity index (χ3n) is 2.61. The van der Waals surface area contributed by atoms with Crippen molar-refractivity contribution in [3.8, 4) is 0 Å². The molecule has 0 saturated carbocycles. The average molecular weight is 308 g/mol. The fourth-order valence-corrected chi connectivity index (χ4v) is 2.19. The number of hydrogen-bond acceptors (Lipinski definition) is 5. The summed E-state index contributed by atoms with van der Waals surface area (Å²) in [6.07, 6.45) is 0.0996. The van der Waals surface area contributed by atoms with Crippen molar-refractivity contribution >= 4 is 27.9 Å². The van der Waals surface area contributed by atoms with E-state index in [1.807, 2.05) is 0 Å². The first-order chi connectivity index (χ1) is 9.20. The van der Waals surface area contributed by atoms with Crippen LogP contribution >= 0.6 is 0 Å². The smallest absolute Gasteiger partial charge is 0.328 e. The van der Waals surface area contributed by atoms with E-state index in [9.17, 15) is 22.8 Å². The molecule has 1 atom stereocenters. The lowest BCUT2D eigenvalue weighted by atomic mass is 10.2. The van der Waals surface area contributed by atoms with Gasteiger partial charge in [-0.1, -0.05) is 0 Å².